The summed E-state index contributed by atoms with van der Waals surface area (Å²) in [5.41, 5.74) is 0.758. The highest BCUT2D eigenvalue weighted by atomic mass is 16.7. The highest BCUT2D eigenvalue weighted by molar-refractivity contribution is 6.20. The minimum atomic E-state index is -0.417. The molecule has 2 amide bonds. The third-order valence-corrected chi connectivity index (χ3v) is 2.89. The summed E-state index contributed by atoms with van der Waals surface area (Å²) in [5.74, 6) is -0.834. The van der Waals surface area contributed by atoms with Gasteiger partial charge in [-0.05, 0) is 32.4 Å². The second-order valence-corrected chi connectivity index (χ2v) is 4.88. The van der Waals surface area contributed by atoms with E-state index in [0.717, 1.165) is 5.06 Å². The fourth-order valence-electron chi connectivity index (χ4n) is 1.84. The Hall–Kier alpha value is -1.76. The molecule has 0 fully saturated rings. The molecule has 6 heteroatoms. The number of nitrogens with zero attached hydrogens (tertiary/aromatic N) is 1. The Morgan fingerprint density at radius 2 is 1.67 bits per heavy atom. The van der Waals surface area contributed by atoms with E-state index in [0.29, 0.717) is 24.2 Å². The van der Waals surface area contributed by atoms with Crippen LogP contribution in [0.3, 0.4) is 0 Å². The van der Waals surface area contributed by atoms with Gasteiger partial charge in [0.1, 0.15) is 6.79 Å². The van der Waals surface area contributed by atoms with Gasteiger partial charge < -0.3 is 9.47 Å². The zero-order valence-corrected chi connectivity index (χ0v) is 12.2. The van der Waals surface area contributed by atoms with Crippen molar-refractivity contribution in [3.05, 3.63) is 35.4 Å². The normalized spacial score (nSPS) is 14.1. The molecule has 6 nitrogen and oxygen atoms in total. The minimum Gasteiger partial charge on any atom is -0.355 e. The van der Waals surface area contributed by atoms with E-state index >= 15 is 0 Å². The number of hydrogen-bond donors (Lipinski definition) is 0. The highest BCUT2D eigenvalue weighted by Gasteiger charge is 2.36. The van der Waals surface area contributed by atoms with Crippen molar-refractivity contribution < 1.29 is 23.9 Å². The van der Waals surface area contributed by atoms with Crippen LogP contribution in [0.4, 0.5) is 0 Å². The van der Waals surface area contributed by atoms with Crippen molar-refractivity contribution in [2.45, 2.75) is 26.4 Å². The first-order chi connectivity index (χ1) is 10.1. The summed E-state index contributed by atoms with van der Waals surface area (Å²) < 4.78 is 10.5. The molecule has 1 heterocycles. The maximum Gasteiger partial charge on any atom is 0.285 e. The fourth-order valence-corrected chi connectivity index (χ4v) is 1.84. The summed E-state index contributed by atoms with van der Waals surface area (Å²) in [4.78, 5) is 29.2. The number of hydroxylamine groups is 2. The Bertz CT molecular complexity index is 480. The number of carbonyl (C=O) groups excluding carboxylic acids is 2. The molecular formula is C15H19NO5. The van der Waals surface area contributed by atoms with Crippen LogP contribution in [0, 0.1) is 0 Å². The van der Waals surface area contributed by atoms with Gasteiger partial charge in [0.25, 0.3) is 11.8 Å². The molecule has 0 saturated carbocycles. The Morgan fingerprint density at radius 1 is 1.05 bits per heavy atom. The largest absolute Gasteiger partial charge is 0.355 e. The van der Waals surface area contributed by atoms with Crippen molar-refractivity contribution >= 4 is 11.8 Å². The first-order valence-corrected chi connectivity index (χ1v) is 6.91. The molecular weight excluding hydrogens is 274 g/mol. The second kappa shape index (κ2) is 7.31. The molecule has 0 N–H and O–H groups in total. The van der Waals surface area contributed by atoms with Gasteiger partial charge in [-0.15, -0.1) is 5.06 Å². The molecule has 0 atom stereocenters. The molecule has 0 radical (unpaired) electrons. The van der Waals surface area contributed by atoms with E-state index in [4.69, 9.17) is 14.3 Å². The van der Waals surface area contributed by atoms with E-state index in [1.807, 2.05) is 13.8 Å². The Morgan fingerprint density at radius 3 is 2.24 bits per heavy atom. The second-order valence-electron chi connectivity index (χ2n) is 4.88. The average molecular weight is 293 g/mol. The summed E-state index contributed by atoms with van der Waals surface area (Å²) in [7, 11) is 0. The van der Waals surface area contributed by atoms with Gasteiger partial charge in [0.15, 0.2) is 0 Å². The molecule has 114 valence electrons. The number of imide groups is 1. The Balaban J connectivity index is 1.71. The number of rotatable bonds is 8. The molecule has 1 aromatic carbocycles. The van der Waals surface area contributed by atoms with Crippen molar-refractivity contribution in [3.63, 3.8) is 0 Å². The van der Waals surface area contributed by atoms with Gasteiger partial charge in [-0.2, -0.15) is 0 Å². The van der Waals surface area contributed by atoms with E-state index in [1.165, 1.54) is 0 Å². The molecule has 2 rings (SSSR count). The average Bonchev–Trinajstić information content (AvgIpc) is 2.71. The van der Waals surface area contributed by atoms with Gasteiger partial charge in [0.05, 0.1) is 30.4 Å². The third kappa shape index (κ3) is 3.87. The van der Waals surface area contributed by atoms with E-state index in [-0.39, 0.29) is 19.5 Å². The van der Waals surface area contributed by atoms with E-state index in [9.17, 15) is 9.59 Å². The van der Waals surface area contributed by atoms with Crippen molar-refractivity contribution in [1.82, 2.24) is 5.06 Å². The number of fused-ring (bicyclic) bond motifs is 1. The van der Waals surface area contributed by atoms with E-state index < -0.39 is 11.8 Å². The lowest BCUT2D eigenvalue weighted by atomic mass is 10.1. The fraction of sp³-hybridized carbons (Fsp3) is 0.467. The van der Waals surface area contributed by atoms with Crippen LogP contribution in [0.2, 0.25) is 0 Å². The molecule has 0 bridgehead atoms. The lowest BCUT2D eigenvalue weighted by Crippen LogP contribution is -2.30. The first kappa shape index (κ1) is 15.6. The number of ether oxygens (including phenoxy) is 2. The van der Waals surface area contributed by atoms with Crippen LogP contribution in [0.25, 0.3) is 0 Å². The topological polar surface area (TPSA) is 65.1 Å². The van der Waals surface area contributed by atoms with Gasteiger partial charge in [0, 0.05) is 0 Å². The standard InChI is InChI=1S/C15H19NO5/c1-11(2)20-10-19-8-5-9-21-16-14(17)12-6-3-4-7-13(12)15(16)18/h3-4,6-7,11H,5,8-10H2,1-2H3. The van der Waals surface area contributed by atoms with Crippen molar-refractivity contribution in [3.8, 4) is 0 Å². The summed E-state index contributed by atoms with van der Waals surface area (Å²) in [5, 5.41) is 0.815. The lowest BCUT2D eigenvalue weighted by Gasteiger charge is -2.13. The molecule has 1 aliphatic heterocycles. The molecule has 0 unspecified atom stereocenters. The summed E-state index contributed by atoms with van der Waals surface area (Å²) in [6, 6.07) is 6.67. The first-order valence-electron chi connectivity index (χ1n) is 6.91. The van der Waals surface area contributed by atoms with Crippen LogP contribution in [-0.4, -0.2) is 43.0 Å². The number of amides is 2. The van der Waals surface area contributed by atoms with Gasteiger partial charge in [0.2, 0.25) is 0 Å². The number of hydrogen-bond acceptors (Lipinski definition) is 5. The minimum absolute atomic E-state index is 0.125. The molecule has 0 saturated heterocycles. The quantitative estimate of drug-likeness (QED) is 0.417. The Kier molecular flexibility index (Phi) is 5.44. The molecule has 0 aromatic heterocycles. The van der Waals surface area contributed by atoms with Crippen LogP contribution in [-0.2, 0) is 14.3 Å². The zero-order chi connectivity index (χ0) is 15.2. The third-order valence-electron chi connectivity index (χ3n) is 2.89. The van der Waals surface area contributed by atoms with Gasteiger partial charge >= 0.3 is 0 Å². The maximum atomic E-state index is 12.0. The predicted molar refractivity (Wildman–Crippen MR) is 74.6 cm³/mol. The number of benzene rings is 1. The summed E-state index contributed by atoms with van der Waals surface area (Å²) in [6.45, 7) is 4.75. The number of carbonyl (C=O) groups is 2. The van der Waals surface area contributed by atoms with Gasteiger partial charge in [-0.1, -0.05) is 12.1 Å². The monoisotopic (exact) mass is 293 g/mol. The van der Waals surface area contributed by atoms with Crippen LogP contribution < -0.4 is 0 Å². The van der Waals surface area contributed by atoms with Crippen LogP contribution >= 0.6 is 0 Å². The van der Waals surface area contributed by atoms with Crippen molar-refractivity contribution in [2.24, 2.45) is 0 Å². The maximum absolute atomic E-state index is 12.0. The zero-order valence-electron chi connectivity index (χ0n) is 12.2. The van der Waals surface area contributed by atoms with Crippen molar-refractivity contribution in [2.75, 3.05) is 20.0 Å². The predicted octanol–water partition coefficient (Wildman–Crippen LogP) is 2.00. The SMILES string of the molecule is CC(C)OCOCCCON1C(=O)c2ccccc2C1=O. The van der Waals surface area contributed by atoms with Crippen LogP contribution in [0.15, 0.2) is 24.3 Å². The highest BCUT2D eigenvalue weighted by Crippen LogP contribution is 2.22. The van der Waals surface area contributed by atoms with Crippen molar-refractivity contribution in [1.29, 1.82) is 0 Å². The summed E-state index contributed by atoms with van der Waals surface area (Å²) >= 11 is 0. The van der Waals surface area contributed by atoms with Gasteiger partial charge in [-0.3, -0.25) is 14.4 Å². The van der Waals surface area contributed by atoms with Crippen LogP contribution in [0.5, 0.6) is 0 Å². The lowest BCUT2D eigenvalue weighted by molar-refractivity contribution is -0.109. The molecule has 21 heavy (non-hydrogen) atoms. The van der Waals surface area contributed by atoms with E-state index in [2.05, 4.69) is 0 Å². The van der Waals surface area contributed by atoms with Gasteiger partial charge in [-0.25, -0.2) is 0 Å². The Labute approximate surface area is 123 Å². The summed E-state index contributed by atoms with van der Waals surface area (Å²) in [6.07, 6.45) is 0.689. The smallest absolute Gasteiger partial charge is 0.285 e. The molecule has 1 aliphatic rings. The molecule has 0 spiro atoms. The van der Waals surface area contributed by atoms with Crippen LogP contribution in [0.1, 0.15) is 41.0 Å². The molecule has 1 aromatic rings. The van der Waals surface area contributed by atoms with E-state index in [1.54, 1.807) is 24.3 Å². The molecule has 0 aliphatic carbocycles.